The molecule has 1 heterocycles. The van der Waals surface area contributed by atoms with Gasteiger partial charge in [-0.1, -0.05) is 12.1 Å². The number of thiol groups is 1. The zero-order chi connectivity index (χ0) is 17.4. The predicted octanol–water partition coefficient (Wildman–Crippen LogP) is 2.91. The first-order chi connectivity index (χ1) is 10.6. The second-order valence-electron chi connectivity index (χ2n) is 6.62. The number of nitrogens with two attached hydrogens (primary N) is 1. The topological polar surface area (TPSA) is 81.8 Å². The SMILES string of the molecule is CC1(C)OB(C(=Cc2ccc(N)cc2C(=O)O)CS)OC1(C)C. The second-order valence-corrected chi connectivity index (χ2v) is 6.93. The molecule has 5 nitrogen and oxygen atoms in total. The van der Waals surface area contributed by atoms with Crippen molar-refractivity contribution in [2.75, 3.05) is 11.5 Å². The third-order valence-electron chi connectivity index (χ3n) is 4.39. The first-order valence-electron chi connectivity index (χ1n) is 7.37. The Kier molecular flexibility index (Phi) is 4.85. The first kappa shape index (κ1) is 17.9. The number of aromatic carboxylic acids is 1. The number of anilines is 1. The Labute approximate surface area is 142 Å². The van der Waals surface area contributed by atoms with E-state index in [1.807, 2.05) is 27.7 Å². The van der Waals surface area contributed by atoms with E-state index >= 15 is 0 Å². The molecule has 124 valence electrons. The zero-order valence-electron chi connectivity index (χ0n) is 13.8. The Morgan fingerprint density at radius 1 is 1.30 bits per heavy atom. The number of hydrogen-bond donors (Lipinski definition) is 3. The van der Waals surface area contributed by atoms with Crippen molar-refractivity contribution in [2.45, 2.75) is 38.9 Å². The van der Waals surface area contributed by atoms with E-state index in [0.717, 1.165) is 5.47 Å². The summed E-state index contributed by atoms with van der Waals surface area (Å²) in [6, 6.07) is 4.78. The van der Waals surface area contributed by atoms with E-state index in [0.29, 0.717) is 17.0 Å². The molecule has 0 saturated carbocycles. The van der Waals surface area contributed by atoms with Gasteiger partial charge >= 0.3 is 13.1 Å². The maximum atomic E-state index is 11.4. The van der Waals surface area contributed by atoms with Gasteiger partial charge in [0.1, 0.15) is 0 Å². The summed E-state index contributed by atoms with van der Waals surface area (Å²) in [7, 11) is -0.559. The van der Waals surface area contributed by atoms with Gasteiger partial charge in [-0.2, -0.15) is 12.6 Å². The molecule has 0 aromatic heterocycles. The standard InChI is InChI=1S/C16H22BNO4S/c1-15(2)16(3,4)22-17(21-15)11(9-23)7-10-5-6-12(18)8-13(10)14(19)20/h5-8,23H,9,18H2,1-4H3,(H,19,20). The lowest BCUT2D eigenvalue weighted by atomic mass is 9.78. The summed E-state index contributed by atoms with van der Waals surface area (Å²) >= 11 is 4.34. The minimum atomic E-state index is -1.03. The lowest BCUT2D eigenvalue weighted by Crippen LogP contribution is -2.41. The van der Waals surface area contributed by atoms with Crippen molar-refractivity contribution in [1.29, 1.82) is 0 Å². The highest BCUT2D eigenvalue weighted by Crippen LogP contribution is 2.39. The van der Waals surface area contributed by atoms with Crippen LogP contribution in [0.1, 0.15) is 43.6 Å². The van der Waals surface area contributed by atoms with E-state index in [4.69, 9.17) is 15.0 Å². The average molecular weight is 335 g/mol. The summed E-state index contributed by atoms with van der Waals surface area (Å²) in [5.74, 6) is -0.642. The Hall–Kier alpha value is -1.44. The maximum Gasteiger partial charge on any atom is 0.491 e. The van der Waals surface area contributed by atoms with Gasteiger partial charge < -0.3 is 20.1 Å². The van der Waals surface area contributed by atoms with Gasteiger partial charge in [-0.25, -0.2) is 4.79 Å². The van der Waals surface area contributed by atoms with Gasteiger partial charge in [0.25, 0.3) is 0 Å². The van der Waals surface area contributed by atoms with Crippen LogP contribution in [0.3, 0.4) is 0 Å². The number of nitrogen functional groups attached to an aromatic ring is 1. The van der Waals surface area contributed by atoms with Crippen LogP contribution >= 0.6 is 12.6 Å². The third kappa shape index (κ3) is 3.57. The molecule has 2 rings (SSSR count). The molecule has 1 aliphatic rings. The minimum Gasteiger partial charge on any atom is -0.478 e. The number of benzene rings is 1. The van der Waals surface area contributed by atoms with Crippen LogP contribution in [-0.2, 0) is 9.31 Å². The van der Waals surface area contributed by atoms with Crippen LogP contribution in [0.5, 0.6) is 0 Å². The summed E-state index contributed by atoms with van der Waals surface area (Å²) in [5.41, 5.74) is 6.60. The number of carboxylic acid groups (broad SMARTS) is 1. The molecule has 0 amide bonds. The molecule has 1 aliphatic heterocycles. The summed E-state index contributed by atoms with van der Waals surface area (Å²) in [6.07, 6.45) is 1.75. The van der Waals surface area contributed by atoms with Gasteiger partial charge in [0.15, 0.2) is 0 Å². The Bertz CT molecular complexity index is 641. The normalized spacial score (nSPS) is 19.9. The van der Waals surface area contributed by atoms with Crippen LogP contribution in [0.4, 0.5) is 5.69 Å². The van der Waals surface area contributed by atoms with Crippen molar-refractivity contribution >= 4 is 37.5 Å². The van der Waals surface area contributed by atoms with Gasteiger partial charge in [-0.05, 0) is 50.9 Å². The van der Waals surface area contributed by atoms with Gasteiger partial charge in [-0.3, -0.25) is 0 Å². The molecule has 0 bridgehead atoms. The molecule has 1 aromatic carbocycles. The molecule has 1 saturated heterocycles. The largest absolute Gasteiger partial charge is 0.491 e. The monoisotopic (exact) mass is 335 g/mol. The summed E-state index contributed by atoms with van der Waals surface area (Å²) in [5, 5.41) is 9.34. The van der Waals surface area contributed by atoms with Crippen molar-refractivity contribution in [1.82, 2.24) is 0 Å². The highest BCUT2D eigenvalue weighted by molar-refractivity contribution is 7.80. The van der Waals surface area contributed by atoms with Crippen LogP contribution < -0.4 is 5.73 Å². The zero-order valence-corrected chi connectivity index (χ0v) is 14.7. The highest BCUT2D eigenvalue weighted by Gasteiger charge is 2.52. The van der Waals surface area contributed by atoms with E-state index in [2.05, 4.69) is 12.6 Å². The molecule has 0 atom stereocenters. The second kappa shape index (κ2) is 6.22. The van der Waals surface area contributed by atoms with Gasteiger partial charge in [0, 0.05) is 11.4 Å². The molecule has 0 spiro atoms. The molecule has 0 radical (unpaired) electrons. The molecule has 1 aromatic rings. The molecular formula is C16H22BNO4S. The van der Waals surface area contributed by atoms with Crippen molar-refractivity contribution in [3.05, 3.63) is 34.8 Å². The van der Waals surface area contributed by atoms with Crippen molar-refractivity contribution < 1.29 is 19.2 Å². The van der Waals surface area contributed by atoms with Crippen molar-refractivity contribution in [3.8, 4) is 0 Å². The predicted molar refractivity (Wildman–Crippen MR) is 95.7 cm³/mol. The van der Waals surface area contributed by atoms with E-state index in [1.54, 1.807) is 18.2 Å². The molecule has 0 unspecified atom stereocenters. The Morgan fingerprint density at radius 3 is 2.35 bits per heavy atom. The van der Waals surface area contributed by atoms with E-state index in [-0.39, 0.29) is 5.56 Å². The third-order valence-corrected chi connectivity index (χ3v) is 4.75. The number of carboxylic acids is 1. The molecule has 23 heavy (non-hydrogen) atoms. The fourth-order valence-corrected chi connectivity index (χ4v) is 2.51. The minimum absolute atomic E-state index is 0.140. The highest BCUT2D eigenvalue weighted by atomic mass is 32.1. The van der Waals surface area contributed by atoms with Gasteiger partial charge in [0.05, 0.1) is 16.8 Å². The molecule has 1 fully saturated rings. The smallest absolute Gasteiger partial charge is 0.478 e. The van der Waals surface area contributed by atoms with Crippen LogP contribution in [0, 0.1) is 0 Å². The number of carbonyl (C=O) groups is 1. The Balaban J connectivity index is 2.40. The molecular weight excluding hydrogens is 313 g/mol. The van der Waals surface area contributed by atoms with Crippen LogP contribution in [-0.4, -0.2) is 35.1 Å². The van der Waals surface area contributed by atoms with Gasteiger partial charge in [0.2, 0.25) is 0 Å². The fourth-order valence-electron chi connectivity index (χ4n) is 2.27. The van der Waals surface area contributed by atoms with Crippen LogP contribution in [0.25, 0.3) is 6.08 Å². The summed E-state index contributed by atoms with van der Waals surface area (Å²) in [6.45, 7) is 7.87. The first-order valence-corrected chi connectivity index (χ1v) is 8.00. The molecule has 3 N–H and O–H groups in total. The molecule has 0 aliphatic carbocycles. The number of rotatable bonds is 4. The average Bonchev–Trinajstić information content (AvgIpc) is 2.65. The fraction of sp³-hybridized carbons (Fsp3) is 0.438. The maximum absolute atomic E-state index is 11.4. The van der Waals surface area contributed by atoms with E-state index < -0.39 is 24.3 Å². The van der Waals surface area contributed by atoms with Crippen molar-refractivity contribution in [3.63, 3.8) is 0 Å². The lowest BCUT2D eigenvalue weighted by Gasteiger charge is -2.32. The summed E-state index contributed by atoms with van der Waals surface area (Å²) < 4.78 is 12.0. The van der Waals surface area contributed by atoms with Crippen molar-refractivity contribution in [2.24, 2.45) is 0 Å². The lowest BCUT2D eigenvalue weighted by molar-refractivity contribution is 0.00578. The quantitative estimate of drug-likeness (QED) is 0.448. The van der Waals surface area contributed by atoms with Crippen LogP contribution in [0.2, 0.25) is 0 Å². The van der Waals surface area contributed by atoms with E-state index in [9.17, 15) is 9.90 Å². The van der Waals surface area contributed by atoms with E-state index in [1.165, 1.54) is 6.07 Å². The number of hydrogen-bond acceptors (Lipinski definition) is 5. The Morgan fingerprint density at radius 2 is 1.87 bits per heavy atom. The van der Waals surface area contributed by atoms with Crippen LogP contribution in [0.15, 0.2) is 23.7 Å². The summed E-state index contributed by atoms with van der Waals surface area (Å²) in [4.78, 5) is 11.4. The molecule has 7 heteroatoms. The van der Waals surface area contributed by atoms with Gasteiger partial charge in [-0.15, -0.1) is 0 Å².